The molecule has 1 aliphatic heterocycles. The molecule has 1 aromatic heterocycles. The zero-order valence-corrected chi connectivity index (χ0v) is 22.0. The highest BCUT2D eigenvalue weighted by atomic mass is 35.5. The van der Waals surface area contributed by atoms with Gasteiger partial charge in [0.2, 0.25) is 0 Å². The number of carbonyl (C=O) groups is 1. The molecule has 2 heterocycles. The van der Waals surface area contributed by atoms with Crippen LogP contribution in [0.4, 0.5) is 0 Å². The summed E-state index contributed by atoms with van der Waals surface area (Å²) in [6.45, 7) is 2.24. The number of nitrogens with one attached hydrogen (secondary N) is 1. The number of aromatic amines is 1. The van der Waals surface area contributed by atoms with E-state index < -0.39 is 6.04 Å². The number of aromatic nitrogens is 2. The van der Waals surface area contributed by atoms with Crippen LogP contribution in [0, 0.1) is 6.92 Å². The van der Waals surface area contributed by atoms with Crippen LogP contribution in [-0.4, -0.2) is 46.9 Å². The monoisotopic (exact) mass is 537 g/mol. The Hall–Kier alpha value is -3.68. The first-order valence-corrected chi connectivity index (χ1v) is 12.4. The highest BCUT2D eigenvalue weighted by Gasteiger charge is 2.42. The molecule has 0 saturated heterocycles. The standard InChI is InChI=1S/C28H25Cl2N3O4/c1-15-11-21(34)19(14-20(15)30)25-24-26(32-31-25)28(35)33(27(24)17-5-4-6-18(29)13-17)10-9-16-7-8-22(36-2)23(12-16)37-3/h4-8,11-14,27,34H,9-10H2,1-3H3,(H,31,32). The van der Waals surface area contributed by atoms with Crippen molar-refractivity contribution in [3.05, 3.63) is 92.6 Å². The van der Waals surface area contributed by atoms with Gasteiger partial charge in [0.25, 0.3) is 5.91 Å². The molecule has 0 fully saturated rings. The van der Waals surface area contributed by atoms with Crippen molar-refractivity contribution in [1.82, 2.24) is 15.1 Å². The fourth-order valence-electron chi connectivity index (χ4n) is 4.80. The second-order valence-electron chi connectivity index (χ2n) is 8.87. The topological polar surface area (TPSA) is 87.7 Å². The SMILES string of the molecule is COc1ccc(CCN2C(=O)c3[nH]nc(-c4cc(Cl)c(C)cc4O)c3C2c2cccc(Cl)c2)cc1OC. The molecule has 1 unspecified atom stereocenters. The summed E-state index contributed by atoms with van der Waals surface area (Å²) < 4.78 is 10.8. The van der Waals surface area contributed by atoms with E-state index in [1.807, 2.05) is 43.3 Å². The van der Waals surface area contributed by atoms with Crippen LogP contribution >= 0.6 is 23.2 Å². The molecule has 0 bridgehead atoms. The molecule has 0 radical (unpaired) electrons. The van der Waals surface area contributed by atoms with E-state index >= 15 is 0 Å². The fraction of sp³-hybridized carbons (Fsp3) is 0.214. The van der Waals surface area contributed by atoms with Crippen LogP contribution in [0.3, 0.4) is 0 Å². The van der Waals surface area contributed by atoms with Crippen LogP contribution in [0.1, 0.15) is 38.8 Å². The lowest BCUT2D eigenvalue weighted by Gasteiger charge is -2.27. The van der Waals surface area contributed by atoms with Crippen LogP contribution in [-0.2, 0) is 6.42 Å². The molecule has 3 aromatic carbocycles. The molecule has 1 aliphatic rings. The van der Waals surface area contributed by atoms with Gasteiger partial charge in [-0.2, -0.15) is 5.10 Å². The van der Waals surface area contributed by atoms with E-state index in [1.54, 1.807) is 37.3 Å². The highest BCUT2D eigenvalue weighted by Crippen LogP contribution is 2.45. The third kappa shape index (κ3) is 4.49. The molecule has 9 heteroatoms. The largest absolute Gasteiger partial charge is 0.507 e. The van der Waals surface area contributed by atoms with Crippen LogP contribution in [0.2, 0.25) is 10.0 Å². The molecule has 7 nitrogen and oxygen atoms in total. The van der Waals surface area contributed by atoms with E-state index in [1.165, 1.54) is 0 Å². The molecule has 0 spiro atoms. The Labute approximate surface area is 224 Å². The average molecular weight is 538 g/mol. The van der Waals surface area contributed by atoms with Crippen LogP contribution < -0.4 is 9.47 Å². The van der Waals surface area contributed by atoms with Crippen molar-refractivity contribution in [1.29, 1.82) is 0 Å². The highest BCUT2D eigenvalue weighted by molar-refractivity contribution is 6.31. The van der Waals surface area contributed by atoms with Crippen molar-refractivity contribution in [2.45, 2.75) is 19.4 Å². The Bertz CT molecular complexity index is 1500. The van der Waals surface area contributed by atoms with Crippen molar-refractivity contribution in [2.24, 2.45) is 0 Å². The number of H-pyrrole nitrogens is 1. The van der Waals surface area contributed by atoms with Gasteiger partial charge in [0.15, 0.2) is 11.5 Å². The van der Waals surface area contributed by atoms with Crippen LogP contribution in [0.5, 0.6) is 17.2 Å². The Kier molecular flexibility index (Phi) is 6.75. The average Bonchev–Trinajstić information content (AvgIpc) is 3.43. The predicted molar refractivity (Wildman–Crippen MR) is 143 cm³/mol. The van der Waals surface area contributed by atoms with Crippen molar-refractivity contribution in [3.8, 4) is 28.5 Å². The van der Waals surface area contributed by atoms with Gasteiger partial charge in [0.05, 0.1) is 20.3 Å². The van der Waals surface area contributed by atoms with Gasteiger partial charge in [-0.25, -0.2) is 0 Å². The van der Waals surface area contributed by atoms with Crippen molar-refractivity contribution < 1.29 is 19.4 Å². The number of ether oxygens (including phenoxy) is 2. The number of amides is 1. The molecule has 2 N–H and O–H groups in total. The first-order valence-electron chi connectivity index (χ1n) is 11.7. The number of aromatic hydroxyl groups is 1. The maximum atomic E-state index is 13.6. The Morgan fingerprint density at radius 2 is 1.84 bits per heavy atom. The van der Waals surface area contributed by atoms with Crippen LogP contribution in [0.25, 0.3) is 11.3 Å². The minimum absolute atomic E-state index is 0.0391. The van der Waals surface area contributed by atoms with Gasteiger partial charge >= 0.3 is 0 Å². The quantitative estimate of drug-likeness (QED) is 0.293. The number of phenols is 1. The first kappa shape index (κ1) is 25.0. The van der Waals surface area contributed by atoms with E-state index in [0.717, 1.165) is 16.7 Å². The van der Waals surface area contributed by atoms with Gasteiger partial charge in [-0.3, -0.25) is 9.89 Å². The van der Waals surface area contributed by atoms with Gasteiger partial charge in [-0.1, -0.05) is 41.4 Å². The van der Waals surface area contributed by atoms with E-state index in [-0.39, 0.29) is 11.7 Å². The van der Waals surface area contributed by atoms with Gasteiger partial charge in [-0.15, -0.1) is 0 Å². The van der Waals surface area contributed by atoms with Gasteiger partial charge < -0.3 is 19.5 Å². The number of methoxy groups -OCH3 is 2. The van der Waals surface area contributed by atoms with Crippen LogP contribution in [0.15, 0.2) is 54.6 Å². The lowest BCUT2D eigenvalue weighted by atomic mass is 9.95. The van der Waals surface area contributed by atoms with Gasteiger partial charge in [0, 0.05) is 27.7 Å². The molecule has 1 amide bonds. The fourth-order valence-corrected chi connectivity index (χ4v) is 5.16. The summed E-state index contributed by atoms with van der Waals surface area (Å²) in [5.74, 6) is 1.12. The minimum Gasteiger partial charge on any atom is -0.507 e. The summed E-state index contributed by atoms with van der Waals surface area (Å²) in [4.78, 5) is 15.4. The number of halogens is 2. The van der Waals surface area contributed by atoms with E-state index in [2.05, 4.69) is 10.2 Å². The van der Waals surface area contributed by atoms with Crippen molar-refractivity contribution in [3.63, 3.8) is 0 Å². The summed E-state index contributed by atoms with van der Waals surface area (Å²) in [7, 11) is 3.18. The number of phenolic OH excluding ortho intramolecular Hbond substituents is 1. The number of hydrogen-bond donors (Lipinski definition) is 2. The number of nitrogens with zero attached hydrogens (tertiary/aromatic N) is 2. The number of hydrogen-bond acceptors (Lipinski definition) is 5. The zero-order chi connectivity index (χ0) is 26.3. The molecular formula is C28H25Cl2N3O4. The molecule has 190 valence electrons. The molecular weight excluding hydrogens is 513 g/mol. The molecule has 37 heavy (non-hydrogen) atoms. The van der Waals surface area contributed by atoms with Gasteiger partial charge in [0.1, 0.15) is 17.1 Å². The first-order chi connectivity index (χ1) is 17.8. The Morgan fingerprint density at radius 1 is 1.05 bits per heavy atom. The predicted octanol–water partition coefficient (Wildman–Crippen LogP) is 6.20. The second kappa shape index (κ2) is 10.00. The number of fused-ring (bicyclic) bond motifs is 1. The van der Waals surface area contributed by atoms with Crippen molar-refractivity contribution in [2.75, 3.05) is 20.8 Å². The molecule has 0 aliphatic carbocycles. The van der Waals surface area contributed by atoms with Crippen molar-refractivity contribution >= 4 is 29.1 Å². The molecule has 1 atom stereocenters. The normalized spacial score (nSPS) is 14.7. The summed E-state index contributed by atoms with van der Waals surface area (Å²) in [6, 6.07) is 15.9. The summed E-state index contributed by atoms with van der Waals surface area (Å²) in [6.07, 6.45) is 0.581. The lowest BCUT2D eigenvalue weighted by Crippen LogP contribution is -2.31. The number of carbonyl (C=O) groups excluding carboxylic acids is 1. The molecule has 4 aromatic rings. The molecule has 5 rings (SSSR count). The number of benzene rings is 3. The minimum atomic E-state index is -0.463. The Balaban J connectivity index is 1.57. The number of rotatable bonds is 7. The molecule has 0 saturated carbocycles. The lowest BCUT2D eigenvalue weighted by molar-refractivity contribution is 0.0746. The van der Waals surface area contributed by atoms with E-state index in [9.17, 15) is 9.90 Å². The second-order valence-corrected chi connectivity index (χ2v) is 9.72. The van der Waals surface area contributed by atoms with Gasteiger partial charge in [-0.05, 0) is 66.4 Å². The maximum absolute atomic E-state index is 13.6. The maximum Gasteiger partial charge on any atom is 0.273 e. The third-order valence-electron chi connectivity index (χ3n) is 6.65. The smallest absolute Gasteiger partial charge is 0.273 e. The van der Waals surface area contributed by atoms with E-state index in [4.69, 9.17) is 32.7 Å². The summed E-state index contributed by atoms with van der Waals surface area (Å²) in [5.41, 5.74) is 4.56. The number of aryl methyl sites for hydroxylation is 1. The summed E-state index contributed by atoms with van der Waals surface area (Å²) in [5, 5.41) is 19.1. The van der Waals surface area contributed by atoms with E-state index in [0.29, 0.717) is 57.0 Å². The Morgan fingerprint density at radius 3 is 2.57 bits per heavy atom. The summed E-state index contributed by atoms with van der Waals surface area (Å²) >= 11 is 12.7. The zero-order valence-electron chi connectivity index (χ0n) is 20.5. The third-order valence-corrected chi connectivity index (χ3v) is 7.29.